The first-order valence-electron chi connectivity index (χ1n) is 9.60. The molecule has 0 amide bonds. The first-order chi connectivity index (χ1) is 13.0. The molecule has 0 aliphatic carbocycles. The highest BCUT2D eigenvalue weighted by molar-refractivity contribution is 5.89. The van der Waals surface area contributed by atoms with Crippen LogP contribution in [-0.2, 0) is 28.5 Å². The Morgan fingerprint density at radius 1 is 1.32 bits per heavy atom. The van der Waals surface area contributed by atoms with Gasteiger partial charge in [0.25, 0.3) is 0 Å². The van der Waals surface area contributed by atoms with Gasteiger partial charge in [-0.15, -0.1) is 6.58 Å². The molecule has 4 atom stereocenters. The van der Waals surface area contributed by atoms with Crippen LogP contribution in [0.25, 0.3) is 0 Å². The third-order valence-corrected chi connectivity index (χ3v) is 4.80. The molecule has 1 heterocycles. The van der Waals surface area contributed by atoms with Crippen LogP contribution in [0.1, 0.15) is 48.0 Å². The van der Waals surface area contributed by atoms with Gasteiger partial charge >= 0.3 is 5.97 Å². The zero-order valence-electron chi connectivity index (χ0n) is 18.2. The number of carbonyl (C=O) groups is 1. The Hall–Kier alpha value is -1.41. The molecule has 1 aliphatic heterocycles. The van der Waals surface area contributed by atoms with Crippen molar-refractivity contribution >= 4 is 5.97 Å². The van der Waals surface area contributed by atoms with Crippen molar-refractivity contribution < 1.29 is 33.6 Å². The molecule has 0 bridgehead atoms. The summed E-state index contributed by atoms with van der Waals surface area (Å²) < 4.78 is 28.6. The van der Waals surface area contributed by atoms with Crippen molar-refractivity contribution in [1.82, 2.24) is 0 Å². The summed E-state index contributed by atoms with van der Waals surface area (Å²) in [4.78, 5) is 12.3. The maximum Gasteiger partial charge on any atom is 0.340 e. The molecule has 0 fully saturated rings. The Labute approximate surface area is 168 Å². The highest BCUT2D eigenvalue weighted by Crippen LogP contribution is 2.39. The highest BCUT2D eigenvalue weighted by Gasteiger charge is 2.46. The number of aliphatic hydroxyl groups excluding tert-OH is 1. The summed E-state index contributed by atoms with van der Waals surface area (Å²) in [7, 11) is 1.54. The van der Waals surface area contributed by atoms with Crippen molar-refractivity contribution in [3.8, 4) is 0 Å². The molecule has 7 nitrogen and oxygen atoms in total. The predicted octanol–water partition coefficient (Wildman–Crippen LogP) is 3.17. The first kappa shape index (κ1) is 24.6. The third-order valence-electron chi connectivity index (χ3n) is 4.80. The van der Waals surface area contributed by atoms with Crippen LogP contribution < -0.4 is 0 Å². The fraction of sp³-hybridized carbons (Fsp3) is 0.762. The van der Waals surface area contributed by atoms with E-state index < -0.39 is 23.5 Å². The smallest absolute Gasteiger partial charge is 0.340 e. The Morgan fingerprint density at radius 2 is 1.96 bits per heavy atom. The van der Waals surface area contributed by atoms with E-state index in [9.17, 15) is 9.90 Å². The van der Waals surface area contributed by atoms with Gasteiger partial charge in [0.05, 0.1) is 23.9 Å². The quantitative estimate of drug-likeness (QED) is 0.306. The van der Waals surface area contributed by atoms with Gasteiger partial charge in [-0.05, 0) is 26.2 Å². The van der Waals surface area contributed by atoms with Crippen molar-refractivity contribution in [1.29, 1.82) is 0 Å². The van der Waals surface area contributed by atoms with Gasteiger partial charge in [-0.3, -0.25) is 0 Å². The number of carbonyl (C=O) groups excluding carboxylic acids is 1. The van der Waals surface area contributed by atoms with Crippen LogP contribution in [0.5, 0.6) is 0 Å². The van der Waals surface area contributed by atoms with Gasteiger partial charge in [-0.2, -0.15) is 0 Å². The van der Waals surface area contributed by atoms with Crippen LogP contribution in [0.15, 0.2) is 24.0 Å². The van der Waals surface area contributed by atoms with Crippen LogP contribution in [0.2, 0.25) is 0 Å². The number of rotatable bonds is 12. The van der Waals surface area contributed by atoms with E-state index in [1.165, 1.54) is 0 Å². The molecule has 0 unspecified atom stereocenters. The van der Waals surface area contributed by atoms with Gasteiger partial charge < -0.3 is 28.8 Å². The lowest BCUT2D eigenvalue weighted by atomic mass is 9.80. The lowest BCUT2D eigenvalue weighted by Crippen LogP contribution is -2.51. The molecule has 28 heavy (non-hydrogen) atoms. The van der Waals surface area contributed by atoms with Crippen molar-refractivity contribution in [3.05, 3.63) is 24.0 Å². The van der Waals surface area contributed by atoms with Crippen LogP contribution >= 0.6 is 0 Å². The van der Waals surface area contributed by atoms with E-state index in [0.717, 1.165) is 0 Å². The highest BCUT2D eigenvalue weighted by atomic mass is 16.7. The van der Waals surface area contributed by atoms with Crippen LogP contribution in [-0.4, -0.2) is 55.7 Å². The van der Waals surface area contributed by atoms with Crippen LogP contribution in [0.4, 0.5) is 0 Å². The molecule has 0 aromatic carbocycles. The molecule has 1 aliphatic rings. The van der Waals surface area contributed by atoms with E-state index in [-0.39, 0.29) is 25.2 Å². The molecule has 0 saturated carbocycles. The molecule has 0 radical (unpaired) electrons. The number of cyclic esters (lactones) is 1. The number of methoxy groups -OCH3 is 1. The largest absolute Gasteiger partial charge is 0.456 e. The van der Waals surface area contributed by atoms with Gasteiger partial charge in [-0.25, -0.2) is 4.79 Å². The summed E-state index contributed by atoms with van der Waals surface area (Å²) in [6.45, 7) is 15.0. The molecule has 0 spiro atoms. The van der Waals surface area contributed by atoms with Gasteiger partial charge in [0.1, 0.15) is 12.6 Å². The number of aliphatic hydroxyl groups is 1. The summed E-state index contributed by atoms with van der Waals surface area (Å²) in [5.41, 5.74) is -0.379. The molecular weight excluding hydrogens is 364 g/mol. The minimum Gasteiger partial charge on any atom is -0.456 e. The third kappa shape index (κ3) is 6.30. The van der Waals surface area contributed by atoms with Crippen molar-refractivity contribution in [2.45, 2.75) is 65.5 Å². The van der Waals surface area contributed by atoms with Gasteiger partial charge in [0.15, 0.2) is 0 Å². The Balaban J connectivity index is 3.33. The second-order valence-electron chi connectivity index (χ2n) is 8.07. The molecule has 0 aromatic rings. The number of esters is 1. The average Bonchev–Trinajstić information content (AvgIpc) is 2.62. The maximum atomic E-state index is 12.3. The molecule has 162 valence electrons. The fourth-order valence-corrected chi connectivity index (χ4v) is 3.59. The number of hydrogen-bond donors (Lipinski definition) is 1. The zero-order valence-corrected chi connectivity index (χ0v) is 18.2. The van der Waals surface area contributed by atoms with Gasteiger partial charge in [-0.1, -0.05) is 19.9 Å². The summed E-state index contributed by atoms with van der Waals surface area (Å²) >= 11 is 0. The van der Waals surface area contributed by atoms with Crippen molar-refractivity contribution in [2.75, 3.05) is 27.1 Å². The van der Waals surface area contributed by atoms with Crippen molar-refractivity contribution in [2.24, 2.45) is 11.8 Å². The van der Waals surface area contributed by atoms with E-state index in [0.29, 0.717) is 24.4 Å². The molecule has 1 N–H and O–H groups in total. The van der Waals surface area contributed by atoms with E-state index in [4.69, 9.17) is 23.7 Å². The Morgan fingerprint density at radius 3 is 2.50 bits per heavy atom. The summed E-state index contributed by atoms with van der Waals surface area (Å²) in [5.74, 6) is -1.32. The molecule has 7 heteroatoms. The first-order valence-corrected chi connectivity index (χ1v) is 9.60. The number of ether oxygens (including phenoxy) is 5. The summed E-state index contributed by atoms with van der Waals surface area (Å²) in [6, 6.07) is 0. The zero-order chi connectivity index (χ0) is 21.5. The Bertz CT molecular complexity index is 569. The SMILES string of the molecule is C=CCO[C@](C)(C[C@@H](C)CO)[C@H](OCOC)[C@@H](C)C1=C(C)C(=O)OC(C)(C)O1. The molecular formula is C21H36O7. The molecule has 1 rings (SSSR count). The number of hydrogen-bond acceptors (Lipinski definition) is 7. The second-order valence-corrected chi connectivity index (χ2v) is 8.07. The van der Waals surface area contributed by atoms with Gasteiger partial charge in [0.2, 0.25) is 5.79 Å². The topological polar surface area (TPSA) is 83.5 Å². The summed E-state index contributed by atoms with van der Waals surface area (Å²) in [6.07, 6.45) is 1.70. The van der Waals surface area contributed by atoms with Crippen LogP contribution in [0.3, 0.4) is 0 Å². The second kappa shape index (κ2) is 10.4. The lowest BCUT2D eigenvalue weighted by molar-refractivity contribution is -0.224. The maximum absolute atomic E-state index is 12.3. The molecule has 0 saturated heterocycles. The average molecular weight is 401 g/mol. The standard InChI is InChI=1S/C21H36O7/c1-9-10-26-21(7,11-14(2)12-22)18(25-13-24-8)15(3)17-16(4)19(23)28-20(5,6)27-17/h9,14-15,18,22H,1,10-13H2,2-8H3/t14-,15+,18-,21-/m1/s1. The van der Waals surface area contributed by atoms with Crippen LogP contribution in [0, 0.1) is 11.8 Å². The van der Waals surface area contributed by atoms with Crippen molar-refractivity contribution in [3.63, 3.8) is 0 Å². The minimum atomic E-state index is -1.07. The lowest BCUT2D eigenvalue weighted by Gasteiger charge is -2.44. The molecule has 0 aromatic heterocycles. The monoisotopic (exact) mass is 400 g/mol. The van der Waals surface area contributed by atoms with E-state index >= 15 is 0 Å². The normalized spacial score (nSPS) is 21.9. The Kier molecular flexibility index (Phi) is 9.14. The van der Waals surface area contributed by atoms with E-state index in [1.54, 1.807) is 34.0 Å². The summed E-state index contributed by atoms with van der Waals surface area (Å²) in [5, 5.41) is 9.58. The van der Waals surface area contributed by atoms with E-state index in [2.05, 4.69) is 6.58 Å². The van der Waals surface area contributed by atoms with E-state index in [1.807, 2.05) is 20.8 Å². The van der Waals surface area contributed by atoms with Gasteiger partial charge in [0, 0.05) is 33.5 Å². The fourth-order valence-electron chi connectivity index (χ4n) is 3.59. The predicted molar refractivity (Wildman–Crippen MR) is 105 cm³/mol. The minimum absolute atomic E-state index is 0.0144.